The highest BCUT2D eigenvalue weighted by molar-refractivity contribution is 4.81. The number of ether oxygens (including phenoxy) is 1. The molecule has 1 rings (SSSR count). The molecule has 1 aliphatic carbocycles. The molecule has 2 N–H and O–H groups in total. The molecular formula is C11H20F3NO. The Kier molecular flexibility index (Phi) is 5.05. The Morgan fingerprint density at radius 3 is 2.62 bits per heavy atom. The van der Waals surface area contributed by atoms with Crippen molar-refractivity contribution in [1.82, 2.24) is 0 Å². The van der Waals surface area contributed by atoms with Crippen LogP contribution < -0.4 is 5.73 Å². The van der Waals surface area contributed by atoms with Crippen molar-refractivity contribution in [2.45, 2.75) is 57.3 Å². The number of hydrogen-bond acceptors (Lipinski definition) is 2. The summed E-state index contributed by atoms with van der Waals surface area (Å²) in [6, 6.07) is -0.0120. The molecule has 3 unspecified atom stereocenters. The van der Waals surface area contributed by atoms with Gasteiger partial charge in [0.15, 0.2) is 0 Å². The van der Waals surface area contributed by atoms with Gasteiger partial charge in [0, 0.05) is 19.1 Å². The number of nitrogens with two attached hydrogens (primary N) is 1. The highest BCUT2D eigenvalue weighted by Gasteiger charge is 2.28. The van der Waals surface area contributed by atoms with Crippen molar-refractivity contribution in [2.24, 2.45) is 11.7 Å². The average molecular weight is 239 g/mol. The second-order valence-electron chi connectivity index (χ2n) is 4.71. The maximum absolute atomic E-state index is 11.9. The summed E-state index contributed by atoms with van der Waals surface area (Å²) >= 11 is 0. The molecule has 0 amide bonds. The van der Waals surface area contributed by atoms with E-state index in [2.05, 4.69) is 6.92 Å². The van der Waals surface area contributed by atoms with Crippen LogP contribution in [0.4, 0.5) is 13.2 Å². The Morgan fingerprint density at radius 1 is 1.31 bits per heavy atom. The number of alkyl halides is 3. The van der Waals surface area contributed by atoms with E-state index in [-0.39, 0.29) is 25.2 Å². The van der Waals surface area contributed by atoms with Crippen LogP contribution in [-0.2, 0) is 4.74 Å². The molecule has 1 saturated carbocycles. The molecule has 0 aromatic heterocycles. The lowest BCUT2D eigenvalue weighted by atomic mass is 9.85. The zero-order valence-corrected chi connectivity index (χ0v) is 9.59. The Morgan fingerprint density at radius 2 is 2.00 bits per heavy atom. The minimum absolute atomic E-state index is 0.0120. The van der Waals surface area contributed by atoms with E-state index in [1.54, 1.807) is 0 Å². The van der Waals surface area contributed by atoms with Crippen molar-refractivity contribution in [3.63, 3.8) is 0 Å². The van der Waals surface area contributed by atoms with Crippen LogP contribution in [-0.4, -0.2) is 24.9 Å². The first-order chi connectivity index (χ1) is 7.38. The summed E-state index contributed by atoms with van der Waals surface area (Å²) in [6.07, 6.45) is -2.02. The van der Waals surface area contributed by atoms with Gasteiger partial charge in [-0.2, -0.15) is 13.2 Å². The van der Waals surface area contributed by atoms with E-state index in [1.807, 2.05) is 0 Å². The van der Waals surface area contributed by atoms with Crippen LogP contribution in [0.2, 0.25) is 0 Å². The largest absolute Gasteiger partial charge is 0.389 e. The molecule has 3 atom stereocenters. The first-order valence-electron chi connectivity index (χ1n) is 5.82. The first kappa shape index (κ1) is 13.8. The van der Waals surface area contributed by atoms with Gasteiger partial charge >= 0.3 is 6.18 Å². The van der Waals surface area contributed by atoms with Crippen molar-refractivity contribution < 1.29 is 17.9 Å². The van der Waals surface area contributed by atoms with Crippen LogP contribution in [0, 0.1) is 5.92 Å². The Balaban J connectivity index is 2.16. The third-order valence-electron chi connectivity index (χ3n) is 3.04. The second kappa shape index (κ2) is 5.87. The molecule has 0 aromatic rings. The number of halogens is 3. The van der Waals surface area contributed by atoms with E-state index in [9.17, 15) is 13.2 Å². The summed E-state index contributed by atoms with van der Waals surface area (Å²) in [6.45, 7) is 2.28. The fraction of sp³-hybridized carbons (Fsp3) is 1.00. The fourth-order valence-electron chi connectivity index (χ4n) is 2.05. The summed E-state index contributed by atoms with van der Waals surface area (Å²) in [5.41, 5.74) is 5.86. The Bertz CT molecular complexity index is 208. The first-order valence-corrected chi connectivity index (χ1v) is 5.82. The summed E-state index contributed by atoms with van der Waals surface area (Å²) < 4.78 is 41.1. The maximum atomic E-state index is 11.9. The quantitative estimate of drug-likeness (QED) is 0.766. The zero-order valence-electron chi connectivity index (χ0n) is 9.59. The lowest BCUT2D eigenvalue weighted by molar-refractivity contribution is -0.139. The van der Waals surface area contributed by atoms with E-state index in [1.165, 1.54) is 0 Å². The number of rotatable bonds is 4. The predicted molar refractivity (Wildman–Crippen MR) is 56.0 cm³/mol. The highest BCUT2D eigenvalue weighted by atomic mass is 19.4. The molecule has 0 heterocycles. The second-order valence-corrected chi connectivity index (χ2v) is 4.71. The molecule has 0 radical (unpaired) electrons. The van der Waals surface area contributed by atoms with Gasteiger partial charge in [0.2, 0.25) is 0 Å². The molecular weight excluding hydrogens is 219 g/mol. The summed E-state index contributed by atoms with van der Waals surface area (Å²) in [4.78, 5) is 0. The van der Waals surface area contributed by atoms with Gasteiger partial charge in [0.1, 0.15) is 0 Å². The predicted octanol–water partition coefficient (Wildman–Crippen LogP) is 2.86. The van der Waals surface area contributed by atoms with Gasteiger partial charge < -0.3 is 10.5 Å². The van der Waals surface area contributed by atoms with Crippen LogP contribution in [0.25, 0.3) is 0 Å². The molecule has 5 heteroatoms. The lowest BCUT2D eigenvalue weighted by Crippen LogP contribution is -2.41. The van der Waals surface area contributed by atoms with E-state index in [0.717, 1.165) is 19.3 Å². The summed E-state index contributed by atoms with van der Waals surface area (Å²) in [5.74, 6) is 0.562. The van der Waals surface area contributed by atoms with E-state index in [4.69, 9.17) is 10.5 Å². The van der Waals surface area contributed by atoms with Gasteiger partial charge in [-0.25, -0.2) is 0 Å². The van der Waals surface area contributed by atoms with Gasteiger partial charge in [0.25, 0.3) is 0 Å². The zero-order chi connectivity index (χ0) is 12.2. The molecule has 0 aliphatic heterocycles. The molecule has 96 valence electrons. The summed E-state index contributed by atoms with van der Waals surface area (Å²) in [7, 11) is 0. The molecule has 0 spiro atoms. The maximum Gasteiger partial charge on any atom is 0.389 e. The van der Waals surface area contributed by atoms with E-state index >= 15 is 0 Å². The van der Waals surface area contributed by atoms with E-state index < -0.39 is 12.6 Å². The van der Waals surface area contributed by atoms with Gasteiger partial charge in [-0.05, 0) is 31.6 Å². The Hall–Kier alpha value is -0.290. The Labute approximate surface area is 94.3 Å². The SMILES string of the molecule is CC1CCC(N)C(OCCCC(F)(F)F)C1. The van der Waals surface area contributed by atoms with Gasteiger partial charge in [-0.15, -0.1) is 0 Å². The smallest absolute Gasteiger partial charge is 0.377 e. The minimum atomic E-state index is -4.08. The molecule has 2 nitrogen and oxygen atoms in total. The third kappa shape index (κ3) is 5.16. The van der Waals surface area contributed by atoms with Crippen LogP contribution in [0.1, 0.15) is 39.0 Å². The topological polar surface area (TPSA) is 35.2 Å². The minimum Gasteiger partial charge on any atom is -0.377 e. The van der Waals surface area contributed by atoms with Crippen molar-refractivity contribution in [3.05, 3.63) is 0 Å². The van der Waals surface area contributed by atoms with Crippen molar-refractivity contribution in [2.75, 3.05) is 6.61 Å². The highest BCUT2D eigenvalue weighted by Crippen LogP contribution is 2.26. The molecule has 0 saturated heterocycles. The summed E-state index contributed by atoms with van der Waals surface area (Å²) in [5, 5.41) is 0. The van der Waals surface area contributed by atoms with Gasteiger partial charge in [-0.3, -0.25) is 0 Å². The van der Waals surface area contributed by atoms with E-state index in [0.29, 0.717) is 5.92 Å². The molecule has 16 heavy (non-hydrogen) atoms. The van der Waals surface area contributed by atoms with Gasteiger partial charge in [0.05, 0.1) is 6.10 Å². The average Bonchev–Trinajstić information content (AvgIpc) is 2.16. The number of hydrogen-bond donors (Lipinski definition) is 1. The fourth-order valence-corrected chi connectivity index (χ4v) is 2.05. The molecule has 1 fully saturated rings. The molecule has 1 aliphatic rings. The van der Waals surface area contributed by atoms with Crippen LogP contribution in [0.5, 0.6) is 0 Å². The van der Waals surface area contributed by atoms with Crippen LogP contribution >= 0.6 is 0 Å². The molecule has 0 aromatic carbocycles. The van der Waals surface area contributed by atoms with Gasteiger partial charge in [-0.1, -0.05) is 6.92 Å². The standard InChI is InChI=1S/C11H20F3NO/c1-8-3-4-9(15)10(7-8)16-6-2-5-11(12,13)14/h8-10H,2-7,15H2,1H3. The van der Waals surface area contributed by atoms with Crippen LogP contribution in [0.3, 0.4) is 0 Å². The molecule has 0 bridgehead atoms. The third-order valence-corrected chi connectivity index (χ3v) is 3.04. The monoisotopic (exact) mass is 239 g/mol. The normalized spacial score (nSPS) is 31.7. The van der Waals surface area contributed by atoms with Crippen LogP contribution in [0.15, 0.2) is 0 Å². The lowest BCUT2D eigenvalue weighted by Gasteiger charge is -2.32. The van der Waals surface area contributed by atoms with Crippen molar-refractivity contribution in [1.29, 1.82) is 0 Å². The van der Waals surface area contributed by atoms with Crippen molar-refractivity contribution >= 4 is 0 Å². The van der Waals surface area contributed by atoms with Crippen molar-refractivity contribution in [3.8, 4) is 0 Å².